The van der Waals surface area contributed by atoms with Crippen molar-refractivity contribution < 1.29 is 8.78 Å². The average Bonchev–Trinajstić information content (AvgIpc) is 2.49. The van der Waals surface area contributed by atoms with Crippen molar-refractivity contribution in [3.05, 3.63) is 40.3 Å². The van der Waals surface area contributed by atoms with Crippen molar-refractivity contribution in [3.8, 4) is 0 Å². The number of hydrogen-bond donors (Lipinski definition) is 0. The molecule has 0 bridgehead atoms. The van der Waals surface area contributed by atoms with Crippen LogP contribution < -0.4 is 0 Å². The Morgan fingerprint density at radius 3 is 3.00 bits per heavy atom. The Hall–Kier alpha value is -0.920. The Morgan fingerprint density at radius 1 is 1.58 bits per heavy atom. The van der Waals surface area contributed by atoms with Crippen LogP contribution in [0.2, 0.25) is 0 Å². The monoisotopic (exact) mass is 186 g/mol. The van der Waals surface area contributed by atoms with Crippen LogP contribution in [0.15, 0.2) is 35.4 Å². The number of thiophene rings is 1. The first kappa shape index (κ1) is 9.17. The third-order valence-electron chi connectivity index (χ3n) is 1.33. The summed E-state index contributed by atoms with van der Waals surface area (Å²) in [6.07, 6.45) is 1.06. The lowest BCUT2D eigenvalue weighted by Gasteiger charge is -1.87. The van der Waals surface area contributed by atoms with Gasteiger partial charge in [0.25, 0.3) is 0 Å². The SMILES string of the molecule is FC(F)=C=CCCc1cccs1. The summed E-state index contributed by atoms with van der Waals surface area (Å²) in [4.78, 5) is 1.22. The maximum atomic E-state index is 11.5. The van der Waals surface area contributed by atoms with Gasteiger partial charge in [0.1, 0.15) is 0 Å². The predicted octanol–water partition coefficient (Wildman–Crippen LogP) is 3.62. The molecule has 64 valence electrons. The highest BCUT2D eigenvalue weighted by atomic mass is 32.1. The van der Waals surface area contributed by atoms with Crippen molar-refractivity contribution in [1.82, 2.24) is 0 Å². The normalized spacial score (nSPS) is 9.17. The van der Waals surface area contributed by atoms with E-state index in [-0.39, 0.29) is 0 Å². The van der Waals surface area contributed by atoms with E-state index in [9.17, 15) is 8.78 Å². The molecule has 0 radical (unpaired) electrons. The fourth-order valence-electron chi connectivity index (χ4n) is 0.819. The molecule has 1 aromatic rings. The second-order valence-electron chi connectivity index (χ2n) is 2.23. The Bertz CT molecular complexity index is 277. The van der Waals surface area contributed by atoms with E-state index in [4.69, 9.17) is 0 Å². The molecule has 0 saturated heterocycles. The summed E-state index contributed by atoms with van der Waals surface area (Å²) in [6.45, 7) is 0. The summed E-state index contributed by atoms with van der Waals surface area (Å²) in [5.74, 6) is 0. The molecule has 0 atom stereocenters. The van der Waals surface area contributed by atoms with Crippen molar-refractivity contribution in [1.29, 1.82) is 0 Å². The highest BCUT2D eigenvalue weighted by Crippen LogP contribution is 2.10. The zero-order chi connectivity index (χ0) is 8.81. The van der Waals surface area contributed by atoms with Gasteiger partial charge in [-0.3, -0.25) is 0 Å². The second kappa shape index (κ2) is 4.86. The molecule has 0 aliphatic rings. The molecule has 1 rings (SSSR count). The van der Waals surface area contributed by atoms with Crippen LogP contribution in [-0.4, -0.2) is 0 Å². The molecule has 0 spiro atoms. The fraction of sp³-hybridized carbons (Fsp3) is 0.222. The van der Waals surface area contributed by atoms with E-state index in [1.807, 2.05) is 23.2 Å². The lowest BCUT2D eigenvalue weighted by Crippen LogP contribution is -1.74. The lowest BCUT2D eigenvalue weighted by molar-refractivity contribution is 0.423. The van der Waals surface area contributed by atoms with Crippen molar-refractivity contribution in [2.75, 3.05) is 0 Å². The molecule has 0 aliphatic carbocycles. The van der Waals surface area contributed by atoms with Gasteiger partial charge >= 0.3 is 6.08 Å². The molecule has 0 unspecified atom stereocenters. The summed E-state index contributed by atoms with van der Waals surface area (Å²) in [5, 5.41) is 1.98. The Balaban J connectivity index is 2.33. The predicted molar refractivity (Wildman–Crippen MR) is 46.5 cm³/mol. The van der Waals surface area contributed by atoms with E-state index in [0.29, 0.717) is 6.42 Å². The van der Waals surface area contributed by atoms with Gasteiger partial charge in [0.15, 0.2) is 0 Å². The molecular weight excluding hydrogens is 178 g/mol. The van der Waals surface area contributed by atoms with E-state index < -0.39 is 6.08 Å². The quantitative estimate of drug-likeness (QED) is 0.632. The zero-order valence-corrected chi connectivity index (χ0v) is 7.20. The number of hydrogen-bond acceptors (Lipinski definition) is 1. The first-order valence-corrected chi connectivity index (χ1v) is 4.45. The minimum Gasteiger partial charge on any atom is -0.164 e. The third kappa shape index (κ3) is 3.46. The number of halogens is 2. The Morgan fingerprint density at radius 2 is 2.42 bits per heavy atom. The van der Waals surface area contributed by atoms with Crippen molar-refractivity contribution in [2.24, 2.45) is 0 Å². The molecular formula is C9H8F2S. The summed E-state index contributed by atoms with van der Waals surface area (Å²) in [7, 11) is 0. The van der Waals surface area contributed by atoms with Crippen LogP contribution in [0.4, 0.5) is 8.78 Å². The highest BCUT2D eigenvalue weighted by molar-refractivity contribution is 7.09. The molecule has 1 heterocycles. The highest BCUT2D eigenvalue weighted by Gasteiger charge is 1.89. The standard InChI is InChI=1S/C9H8F2S/c10-9(11)6-2-1-4-8-5-3-7-12-8/h2-3,5,7H,1,4H2. The second-order valence-corrected chi connectivity index (χ2v) is 3.26. The van der Waals surface area contributed by atoms with Crippen LogP contribution in [0.1, 0.15) is 11.3 Å². The maximum absolute atomic E-state index is 11.5. The Kier molecular flexibility index (Phi) is 3.71. The molecule has 0 fully saturated rings. The summed E-state index contributed by atoms with van der Waals surface area (Å²) >= 11 is 1.64. The van der Waals surface area contributed by atoms with Crippen LogP contribution in [-0.2, 0) is 6.42 Å². The molecule has 0 N–H and O–H groups in total. The molecule has 0 amide bonds. The molecule has 1 aromatic heterocycles. The van der Waals surface area contributed by atoms with E-state index in [1.165, 1.54) is 11.0 Å². The summed E-state index contributed by atoms with van der Waals surface area (Å²) < 4.78 is 23.0. The van der Waals surface area contributed by atoms with Crippen LogP contribution >= 0.6 is 11.3 Å². The van der Waals surface area contributed by atoms with Crippen molar-refractivity contribution in [2.45, 2.75) is 12.8 Å². The van der Waals surface area contributed by atoms with Gasteiger partial charge in [-0.15, -0.1) is 11.3 Å². The number of aryl methyl sites for hydroxylation is 1. The maximum Gasteiger partial charge on any atom is 0.312 e. The fourth-order valence-corrected chi connectivity index (χ4v) is 1.54. The molecule has 0 aliphatic heterocycles. The van der Waals surface area contributed by atoms with Gasteiger partial charge < -0.3 is 0 Å². The van der Waals surface area contributed by atoms with Gasteiger partial charge in [-0.1, -0.05) is 11.8 Å². The average molecular weight is 186 g/mol. The topological polar surface area (TPSA) is 0 Å². The van der Waals surface area contributed by atoms with E-state index in [0.717, 1.165) is 6.42 Å². The molecule has 3 heteroatoms. The van der Waals surface area contributed by atoms with Gasteiger partial charge in [-0.25, -0.2) is 0 Å². The van der Waals surface area contributed by atoms with Gasteiger partial charge in [0.05, 0.1) is 0 Å². The summed E-state index contributed by atoms with van der Waals surface area (Å²) in [5.41, 5.74) is 1.87. The smallest absolute Gasteiger partial charge is 0.164 e. The van der Waals surface area contributed by atoms with E-state index in [1.54, 1.807) is 11.3 Å². The largest absolute Gasteiger partial charge is 0.312 e. The van der Waals surface area contributed by atoms with Crippen LogP contribution in [0.25, 0.3) is 0 Å². The lowest BCUT2D eigenvalue weighted by atomic mass is 10.2. The van der Waals surface area contributed by atoms with E-state index in [2.05, 4.69) is 0 Å². The van der Waals surface area contributed by atoms with Crippen molar-refractivity contribution >= 4 is 11.3 Å². The van der Waals surface area contributed by atoms with Gasteiger partial charge in [-0.2, -0.15) is 8.78 Å². The van der Waals surface area contributed by atoms with Crippen LogP contribution in [0, 0.1) is 0 Å². The molecule has 12 heavy (non-hydrogen) atoms. The minimum absolute atomic E-state index is 0.623. The van der Waals surface area contributed by atoms with E-state index >= 15 is 0 Å². The van der Waals surface area contributed by atoms with Crippen LogP contribution in [0.5, 0.6) is 0 Å². The van der Waals surface area contributed by atoms with Gasteiger partial charge in [0, 0.05) is 4.88 Å². The Labute approximate surface area is 73.8 Å². The van der Waals surface area contributed by atoms with Gasteiger partial charge in [0.2, 0.25) is 0 Å². The number of allylic oxidation sites excluding steroid dienone is 1. The van der Waals surface area contributed by atoms with Crippen LogP contribution in [0.3, 0.4) is 0 Å². The molecule has 0 nitrogen and oxygen atoms in total. The first-order chi connectivity index (χ1) is 5.79. The van der Waals surface area contributed by atoms with Gasteiger partial charge in [-0.05, 0) is 30.4 Å². The molecule has 0 aromatic carbocycles. The molecule has 0 saturated carbocycles. The zero-order valence-electron chi connectivity index (χ0n) is 6.39. The minimum atomic E-state index is -1.75. The van der Waals surface area contributed by atoms with Crippen molar-refractivity contribution in [3.63, 3.8) is 0 Å². The number of rotatable bonds is 3. The summed E-state index contributed by atoms with van der Waals surface area (Å²) in [6, 6.07) is 3.95. The first-order valence-electron chi connectivity index (χ1n) is 3.57. The third-order valence-corrected chi connectivity index (χ3v) is 2.26.